The Kier molecular flexibility index (Phi) is 6.05. The molecule has 12 heteroatoms. The molecule has 182 valence electrons. The summed E-state index contributed by atoms with van der Waals surface area (Å²) in [6.45, 7) is 4.02. The van der Waals surface area contributed by atoms with Gasteiger partial charge in [0.25, 0.3) is 11.8 Å². The minimum absolute atomic E-state index is 0.0436. The quantitative estimate of drug-likeness (QED) is 0.446. The predicted octanol–water partition coefficient (Wildman–Crippen LogP) is 3.88. The molecule has 0 aliphatic carbocycles. The first-order valence-corrected chi connectivity index (χ1v) is 10.6. The van der Waals surface area contributed by atoms with Gasteiger partial charge in [-0.2, -0.15) is 23.4 Å². The van der Waals surface area contributed by atoms with Crippen molar-refractivity contribution in [3.8, 4) is 11.3 Å². The predicted molar refractivity (Wildman–Crippen MR) is 122 cm³/mol. The van der Waals surface area contributed by atoms with Gasteiger partial charge in [-0.25, -0.2) is 9.50 Å². The van der Waals surface area contributed by atoms with Crippen LogP contribution in [0.2, 0.25) is 0 Å². The molecular formula is C23H22F3N7O2. The summed E-state index contributed by atoms with van der Waals surface area (Å²) in [6, 6.07) is 7.93. The second kappa shape index (κ2) is 8.85. The van der Waals surface area contributed by atoms with Crippen molar-refractivity contribution in [3.63, 3.8) is 0 Å². The molecule has 0 fully saturated rings. The molecule has 0 saturated heterocycles. The van der Waals surface area contributed by atoms with Crippen molar-refractivity contribution in [1.29, 1.82) is 0 Å². The molecule has 2 amide bonds. The normalized spacial score (nSPS) is 11.8. The van der Waals surface area contributed by atoms with Gasteiger partial charge in [0.05, 0.1) is 17.6 Å². The van der Waals surface area contributed by atoms with E-state index in [0.717, 1.165) is 17.8 Å². The first kappa shape index (κ1) is 23.9. The van der Waals surface area contributed by atoms with Gasteiger partial charge in [0, 0.05) is 25.9 Å². The van der Waals surface area contributed by atoms with Gasteiger partial charge in [0.1, 0.15) is 5.56 Å². The Morgan fingerprint density at radius 1 is 1.09 bits per heavy atom. The number of hydrogen-bond donors (Lipinski definition) is 2. The van der Waals surface area contributed by atoms with Crippen LogP contribution in [-0.2, 0) is 13.2 Å². The summed E-state index contributed by atoms with van der Waals surface area (Å²) in [5.74, 6) is -1.07. The Bertz CT molecular complexity index is 1420. The van der Waals surface area contributed by atoms with Crippen LogP contribution < -0.4 is 10.6 Å². The highest BCUT2D eigenvalue weighted by atomic mass is 19.4. The number of amides is 2. The molecule has 0 radical (unpaired) electrons. The molecular weight excluding hydrogens is 463 g/mol. The van der Waals surface area contributed by atoms with Gasteiger partial charge < -0.3 is 10.6 Å². The van der Waals surface area contributed by atoms with E-state index >= 15 is 0 Å². The SMILES string of the molecule is CNC(=O)c1nn(C)cc1NC(=O)c1cnn2c(C(F)(F)F)cc(-c3ccc(C(C)C)cc3)nc12. The van der Waals surface area contributed by atoms with Crippen LogP contribution in [0.4, 0.5) is 18.9 Å². The van der Waals surface area contributed by atoms with Gasteiger partial charge >= 0.3 is 6.18 Å². The highest BCUT2D eigenvalue weighted by Crippen LogP contribution is 2.33. The number of hydrogen-bond acceptors (Lipinski definition) is 5. The highest BCUT2D eigenvalue weighted by molar-refractivity contribution is 6.11. The smallest absolute Gasteiger partial charge is 0.354 e. The van der Waals surface area contributed by atoms with Crippen LogP contribution in [-0.4, -0.2) is 43.2 Å². The van der Waals surface area contributed by atoms with Gasteiger partial charge in [-0.1, -0.05) is 38.1 Å². The van der Waals surface area contributed by atoms with Crippen LogP contribution in [0.3, 0.4) is 0 Å². The van der Waals surface area contributed by atoms with Gasteiger partial charge in [0.2, 0.25) is 0 Å². The zero-order valence-corrected chi connectivity index (χ0v) is 19.3. The summed E-state index contributed by atoms with van der Waals surface area (Å²) in [4.78, 5) is 29.4. The van der Waals surface area contributed by atoms with E-state index < -0.39 is 23.7 Å². The number of aromatic nitrogens is 5. The minimum Gasteiger partial charge on any atom is -0.354 e. The molecule has 0 atom stereocenters. The van der Waals surface area contributed by atoms with E-state index in [2.05, 4.69) is 25.8 Å². The van der Waals surface area contributed by atoms with E-state index in [1.807, 2.05) is 26.0 Å². The Labute approximate surface area is 198 Å². The van der Waals surface area contributed by atoms with Crippen LogP contribution in [0.25, 0.3) is 16.9 Å². The van der Waals surface area contributed by atoms with E-state index in [4.69, 9.17) is 0 Å². The second-order valence-corrected chi connectivity index (χ2v) is 8.19. The van der Waals surface area contributed by atoms with Crippen molar-refractivity contribution in [1.82, 2.24) is 29.7 Å². The Morgan fingerprint density at radius 3 is 2.37 bits per heavy atom. The lowest BCUT2D eigenvalue weighted by Crippen LogP contribution is -2.21. The number of benzene rings is 1. The fourth-order valence-corrected chi connectivity index (χ4v) is 3.57. The highest BCUT2D eigenvalue weighted by Gasteiger charge is 2.36. The number of aryl methyl sites for hydroxylation is 1. The number of alkyl halides is 3. The third-order valence-corrected chi connectivity index (χ3v) is 5.40. The average molecular weight is 485 g/mol. The lowest BCUT2D eigenvalue weighted by molar-refractivity contribution is -0.142. The van der Waals surface area contributed by atoms with E-state index in [1.165, 1.54) is 17.9 Å². The molecule has 4 rings (SSSR count). The molecule has 35 heavy (non-hydrogen) atoms. The molecule has 0 bridgehead atoms. The Hall–Kier alpha value is -4.22. The number of halogens is 3. The summed E-state index contributed by atoms with van der Waals surface area (Å²) >= 11 is 0. The van der Waals surface area contributed by atoms with E-state index in [1.54, 1.807) is 19.2 Å². The number of anilines is 1. The van der Waals surface area contributed by atoms with Gasteiger partial charge in [-0.15, -0.1) is 0 Å². The number of carbonyl (C=O) groups excluding carboxylic acids is 2. The van der Waals surface area contributed by atoms with Crippen LogP contribution in [0.15, 0.2) is 42.7 Å². The van der Waals surface area contributed by atoms with Crippen molar-refractivity contribution >= 4 is 23.1 Å². The van der Waals surface area contributed by atoms with E-state index in [-0.39, 0.29) is 34.2 Å². The summed E-state index contributed by atoms with van der Waals surface area (Å²) in [6.07, 6.45) is -2.33. The summed E-state index contributed by atoms with van der Waals surface area (Å²) in [5, 5.41) is 12.7. The molecule has 9 nitrogen and oxygen atoms in total. The lowest BCUT2D eigenvalue weighted by atomic mass is 10.0. The van der Waals surface area contributed by atoms with Gasteiger partial charge in [-0.3, -0.25) is 14.3 Å². The van der Waals surface area contributed by atoms with Crippen molar-refractivity contribution in [2.24, 2.45) is 7.05 Å². The van der Waals surface area contributed by atoms with E-state index in [9.17, 15) is 22.8 Å². The monoisotopic (exact) mass is 485 g/mol. The largest absolute Gasteiger partial charge is 0.433 e. The molecule has 0 aliphatic rings. The van der Waals surface area contributed by atoms with Gasteiger partial charge in [0.15, 0.2) is 17.0 Å². The molecule has 3 heterocycles. The molecule has 1 aromatic carbocycles. The zero-order valence-electron chi connectivity index (χ0n) is 19.3. The molecule has 0 saturated carbocycles. The Balaban J connectivity index is 1.81. The van der Waals surface area contributed by atoms with Crippen molar-refractivity contribution in [3.05, 3.63) is 65.2 Å². The topological polar surface area (TPSA) is 106 Å². The van der Waals surface area contributed by atoms with Crippen LogP contribution >= 0.6 is 0 Å². The summed E-state index contributed by atoms with van der Waals surface area (Å²) in [5.41, 5.74) is 0.0395. The number of rotatable bonds is 5. The van der Waals surface area contributed by atoms with E-state index in [0.29, 0.717) is 10.1 Å². The summed E-state index contributed by atoms with van der Waals surface area (Å²) in [7, 11) is 2.97. The number of carbonyl (C=O) groups is 2. The first-order valence-electron chi connectivity index (χ1n) is 10.6. The molecule has 3 aromatic heterocycles. The third-order valence-electron chi connectivity index (χ3n) is 5.40. The van der Waals surface area contributed by atoms with Crippen molar-refractivity contribution in [2.45, 2.75) is 25.9 Å². The molecule has 0 spiro atoms. The number of fused-ring (bicyclic) bond motifs is 1. The van der Waals surface area contributed by atoms with Crippen LogP contribution in [0, 0.1) is 0 Å². The third kappa shape index (κ3) is 4.59. The Morgan fingerprint density at radius 2 is 1.77 bits per heavy atom. The maximum atomic E-state index is 13.9. The van der Waals surface area contributed by atoms with Gasteiger partial charge in [-0.05, 0) is 17.5 Å². The first-order chi connectivity index (χ1) is 16.5. The lowest BCUT2D eigenvalue weighted by Gasteiger charge is -2.12. The standard InChI is InChI=1S/C23H22F3N7O2/c1-12(2)13-5-7-14(8-6-13)16-9-18(23(24,25)26)33-20(29-16)15(10-28-33)21(34)30-17-11-32(4)31-19(17)22(35)27-3/h5-12H,1-4H3,(H,27,35)(H,30,34). The minimum atomic E-state index is -4.75. The maximum Gasteiger partial charge on any atom is 0.433 e. The molecule has 0 aliphatic heterocycles. The van der Waals surface area contributed by atoms with Crippen molar-refractivity contribution < 1.29 is 22.8 Å². The number of nitrogens with zero attached hydrogens (tertiary/aromatic N) is 5. The fraction of sp³-hybridized carbons (Fsp3) is 0.261. The number of nitrogens with one attached hydrogen (secondary N) is 2. The molecule has 2 N–H and O–H groups in total. The second-order valence-electron chi connectivity index (χ2n) is 8.19. The summed E-state index contributed by atoms with van der Waals surface area (Å²) < 4.78 is 43.6. The van der Waals surface area contributed by atoms with Crippen LogP contribution in [0.1, 0.15) is 51.9 Å². The average Bonchev–Trinajstić information content (AvgIpc) is 3.40. The molecule has 4 aromatic rings. The zero-order chi connectivity index (χ0) is 25.5. The van der Waals surface area contributed by atoms with Crippen LogP contribution in [0.5, 0.6) is 0 Å². The maximum absolute atomic E-state index is 13.9. The molecule has 0 unspecified atom stereocenters. The van der Waals surface area contributed by atoms with Crippen molar-refractivity contribution in [2.75, 3.05) is 12.4 Å². The fourth-order valence-electron chi connectivity index (χ4n) is 3.57.